The molecule has 1 aliphatic rings. The number of rotatable bonds is 4. The first kappa shape index (κ1) is 23.5. The third-order valence-corrected chi connectivity index (χ3v) is 6.72. The minimum atomic E-state index is -0.231. The Bertz CT molecular complexity index is 1390. The minimum Gasteiger partial charge on any atom is -0.378 e. The molecule has 5 rings (SSSR count). The van der Waals surface area contributed by atoms with Crippen molar-refractivity contribution in [3.63, 3.8) is 0 Å². The summed E-state index contributed by atoms with van der Waals surface area (Å²) in [5.41, 5.74) is 6.95. The molecule has 1 aromatic carbocycles. The van der Waals surface area contributed by atoms with Crippen LogP contribution in [0.25, 0.3) is 16.8 Å². The van der Waals surface area contributed by atoms with Crippen molar-refractivity contribution in [2.75, 3.05) is 36.5 Å². The van der Waals surface area contributed by atoms with Crippen LogP contribution in [-0.2, 0) is 10.3 Å². The standard InChI is InChI=1S/C26H31N6O2P/c1-17-5-6-19(28-24(33)21-16-32(25(35)29-21)26(2,3)4)14-20(17)18-13-22(30-9-11-34-12-10-30)23-27-7-8-31(23)15-18/h5-8,13-16H,9-12,35H2,1-4H3,(H,28,33). The highest BCUT2D eigenvalue weighted by Crippen LogP contribution is 2.32. The molecule has 1 atom stereocenters. The monoisotopic (exact) mass is 490 g/mol. The van der Waals surface area contributed by atoms with Gasteiger partial charge in [0.15, 0.2) is 5.65 Å². The van der Waals surface area contributed by atoms with Gasteiger partial charge < -0.3 is 23.9 Å². The number of fused-ring (bicyclic) bond motifs is 1. The van der Waals surface area contributed by atoms with E-state index in [1.165, 1.54) is 0 Å². The molecule has 9 heteroatoms. The second kappa shape index (κ2) is 9.10. The molecule has 1 unspecified atom stereocenters. The van der Waals surface area contributed by atoms with E-state index in [-0.39, 0.29) is 11.4 Å². The SMILES string of the molecule is Cc1ccc(NC(=O)c2cn(C(C)(C)C)c(P)n2)cc1-c1cc(N2CCOCC2)c2nccn2c1. The Morgan fingerprint density at radius 1 is 1.14 bits per heavy atom. The molecule has 4 heterocycles. The molecular formula is C26H31N6O2P. The second-order valence-corrected chi connectivity index (χ2v) is 10.4. The smallest absolute Gasteiger partial charge is 0.275 e. The average molecular weight is 491 g/mol. The van der Waals surface area contributed by atoms with Crippen molar-refractivity contribution in [3.8, 4) is 11.1 Å². The first-order valence-corrected chi connectivity index (χ1v) is 12.4. The molecule has 1 amide bonds. The topological polar surface area (TPSA) is 76.7 Å². The third-order valence-electron chi connectivity index (χ3n) is 6.31. The van der Waals surface area contributed by atoms with Crippen molar-refractivity contribution < 1.29 is 9.53 Å². The van der Waals surface area contributed by atoms with E-state index in [4.69, 9.17) is 4.74 Å². The van der Waals surface area contributed by atoms with Gasteiger partial charge in [-0.2, -0.15) is 0 Å². The first-order valence-electron chi connectivity index (χ1n) is 11.8. The van der Waals surface area contributed by atoms with E-state index in [0.717, 1.165) is 52.4 Å². The molecule has 0 radical (unpaired) electrons. The van der Waals surface area contributed by atoms with Crippen LogP contribution >= 0.6 is 9.24 Å². The molecule has 1 aliphatic heterocycles. The van der Waals surface area contributed by atoms with E-state index in [2.05, 4.69) is 73.8 Å². The van der Waals surface area contributed by atoms with Gasteiger partial charge >= 0.3 is 0 Å². The molecule has 182 valence electrons. The number of hydrogen-bond donors (Lipinski definition) is 1. The van der Waals surface area contributed by atoms with Gasteiger partial charge in [-0.05, 0) is 57.0 Å². The van der Waals surface area contributed by atoms with Gasteiger partial charge in [0.1, 0.15) is 11.3 Å². The highest BCUT2D eigenvalue weighted by Gasteiger charge is 2.21. The van der Waals surface area contributed by atoms with Gasteiger partial charge in [-0.1, -0.05) is 15.3 Å². The summed E-state index contributed by atoms with van der Waals surface area (Å²) in [5.74, 6) is -0.231. The zero-order valence-electron chi connectivity index (χ0n) is 20.6. The van der Waals surface area contributed by atoms with Gasteiger partial charge in [0, 0.05) is 54.7 Å². The summed E-state index contributed by atoms with van der Waals surface area (Å²) in [5, 5.41) is 3.03. The number of carbonyl (C=O) groups excluding carboxylic acids is 1. The van der Waals surface area contributed by atoms with E-state index in [1.807, 2.05) is 35.2 Å². The van der Waals surface area contributed by atoms with Crippen molar-refractivity contribution in [1.29, 1.82) is 0 Å². The summed E-state index contributed by atoms with van der Waals surface area (Å²) in [4.78, 5) is 24.4. The lowest BCUT2D eigenvalue weighted by atomic mass is 10.0. The van der Waals surface area contributed by atoms with Gasteiger partial charge in [0.25, 0.3) is 5.91 Å². The zero-order valence-corrected chi connectivity index (χ0v) is 21.7. The van der Waals surface area contributed by atoms with E-state index >= 15 is 0 Å². The zero-order chi connectivity index (χ0) is 24.7. The van der Waals surface area contributed by atoms with Crippen molar-refractivity contribution >= 4 is 37.7 Å². The van der Waals surface area contributed by atoms with Crippen LogP contribution in [0.3, 0.4) is 0 Å². The summed E-state index contributed by atoms with van der Waals surface area (Å²) in [7, 11) is 2.61. The van der Waals surface area contributed by atoms with Crippen LogP contribution in [0.1, 0.15) is 36.8 Å². The maximum absolute atomic E-state index is 13.0. The van der Waals surface area contributed by atoms with Gasteiger partial charge in [-0.25, -0.2) is 9.97 Å². The molecule has 4 aromatic rings. The van der Waals surface area contributed by atoms with E-state index in [1.54, 1.807) is 6.20 Å². The number of aryl methyl sites for hydroxylation is 1. The molecule has 8 nitrogen and oxygen atoms in total. The number of pyridine rings is 1. The number of nitrogens with one attached hydrogen (secondary N) is 1. The lowest BCUT2D eigenvalue weighted by Gasteiger charge is -2.29. The van der Waals surface area contributed by atoms with Gasteiger partial charge in [0.05, 0.1) is 18.9 Å². The number of nitrogens with zero attached hydrogens (tertiary/aromatic N) is 5. The number of imidazole rings is 2. The normalized spacial score (nSPS) is 14.5. The Morgan fingerprint density at radius 3 is 2.63 bits per heavy atom. The lowest BCUT2D eigenvalue weighted by Crippen LogP contribution is -2.36. The first-order chi connectivity index (χ1) is 16.7. The van der Waals surface area contributed by atoms with Crippen LogP contribution in [0.5, 0.6) is 0 Å². The maximum atomic E-state index is 13.0. The Balaban J connectivity index is 1.48. The fraction of sp³-hybridized carbons (Fsp3) is 0.346. The molecule has 3 aromatic heterocycles. The summed E-state index contributed by atoms with van der Waals surface area (Å²) < 4.78 is 9.59. The molecule has 0 spiro atoms. The number of benzene rings is 1. The number of ether oxygens (including phenoxy) is 1. The molecule has 0 saturated carbocycles. The highest BCUT2D eigenvalue weighted by atomic mass is 31.0. The molecule has 1 N–H and O–H groups in total. The number of aromatic nitrogens is 4. The molecule has 0 aliphatic carbocycles. The number of carbonyl (C=O) groups is 1. The number of amides is 1. The fourth-order valence-corrected chi connectivity index (χ4v) is 5.05. The van der Waals surface area contributed by atoms with Gasteiger partial charge in [0.2, 0.25) is 0 Å². The van der Waals surface area contributed by atoms with Crippen molar-refractivity contribution in [2.24, 2.45) is 0 Å². The lowest BCUT2D eigenvalue weighted by molar-refractivity contribution is 0.102. The van der Waals surface area contributed by atoms with E-state index in [9.17, 15) is 4.79 Å². The Kier molecular flexibility index (Phi) is 6.11. The number of hydrogen-bond acceptors (Lipinski definition) is 5. The molecule has 0 bridgehead atoms. The molecular weight excluding hydrogens is 459 g/mol. The summed E-state index contributed by atoms with van der Waals surface area (Å²) in [6.45, 7) is 11.4. The summed E-state index contributed by atoms with van der Waals surface area (Å²) in [6.07, 6.45) is 7.68. The quantitative estimate of drug-likeness (QED) is 0.440. The molecule has 1 fully saturated rings. The van der Waals surface area contributed by atoms with Gasteiger partial charge in [-0.15, -0.1) is 0 Å². The molecule has 1 saturated heterocycles. The van der Waals surface area contributed by atoms with Crippen molar-refractivity contribution in [1.82, 2.24) is 18.9 Å². The van der Waals surface area contributed by atoms with Crippen LogP contribution < -0.4 is 15.8 Å². The Hall–Kier alpha value is -3.22. The van der Waals surface area contributed by atoms with Crippen molar-refractivity contribution in [2.45, 2.75) is 33.2 Å². The van der Waals surface area contributed by atoms with E-state index in [0.29, 0.717) is 18.9 Å². The number of anilines is 2. The van der Waals surface area contributed by atoms with Crippen LogP contribution in [0, 0.1) is 6.92 Å². The second-order valence-electron chi connectivity index (χ2n) is 9.88. The Morgan fingerprint density at radius 2 is 1.91 bits per heavy atom. The Labute approximate surface area is 207 Å². The number of morpholine rings is 1. The predicted octanol–water partition coefficient (Wildman–Crippen LogP) is 3.85. The van der Waals surface area contributed by atoms with Crippen LogP contribution in [0.4, 0.5) is 11.4 Å². The predicted molar refractivity (Wildman–Crippen MR) is 143 cm³/mol. The van der Waals surface area contributed by atoms with E-state index < -0.39 is 0 Å². The third kappa shape index (κ3) is 4.68. The van der Waals surface area contributed by atoms with Gasteiger partial charge in [-0.3, -0.25) is 4.79 Å². The highest BCUT2D eigenvalue weighted by molar-refractivity contribution is 7.26. The summed E-state index contributed by atoms with van der Waals surface area (Å²) in [6, 6.07) is 8.17. The van der Waals surface area contributed by atoms with Crippen LogP contribution in [0.2, 0.25) is 0 Å². The maximum Gasteiger partial charge on any atom is 0.275 e. The average Bonchev–Trinajstić information content (AvgIpc) is 3.46. The summed E-state index contributed by atoms with van der Waals surface area (Å²) >= 11 is 0. The van der Waals surface area contributed by atoms with Crippen LogP contribution in [0.15, 0.2) is 49.1 Å². The minimum absolute atomic E-state index is 0.163. The van der Waals surface area contributed by atoms with Crippen LogP contribution in [-0.4, -0.2) is 51.1 Å². The largest absolute Gasteiger partial charge is 0.378 e. The van der Waals surface area contributed by atoms with Crippen molar-refractivity contribution in [3.05, 3.63) is 60.3 Å². The fourth-order valence-electron chi connectivity index (χ4n) is 4.45. The molecule has 35 heavy (non-hydrogen) atoms.